The van der Waals surface area contributed by atoms with Crippen LogP contribution in [0.25, 0.3) is 0 Å². The Labute approximate surface area is 82.5 Å². The van der Waals surface area contributed by atoms with Crippen LogP contribution in [0.1, 0.15) is 25.7 Å². The molecule has 2 nitrogen and oxygen atoms in total. The number of hydrogen-bond donors (Lipinski definition) is 1. The van der Waals surface area contributed by atoms with E-state index in [0.29, 0.717) is 5.78 Å². The van der Waals surface area contributed by atoms with Crippen molar-refractivity contribution in [1.29, 1.82) is 0 Å². The van der Waals surface area contributed by atoms with Crippen LogP contribution in [0.3, 0.4) is 0 Å². The summed E-state index contributed by atoms with van der Waals surface area (Å²) in [5, 5.41) is 4.29. The molecule has 0 aromatic carbocycles. The molecule has 0 radical (unpaired) electrons. The van der Waals surface area contributed by atoms with E-state index < -0.39 is 0 Å². The molecule has 1 aliphatic carbocycles. The van der Waals surface area contributed by atoms with Crippen LogP contribution in [-0.2, 0) is 4.79 Å². The van der Waals surface area contributed by atoms with Crippen LogP contribution in [-0.4, -0.2) is 12.3 Å². The van der Waals surface area contributed by atoms with Gasteiger partial charge in [-0.3, -0.25) is 4.79 Å². The van der Waals surface area contributed by atoms with Crippen LogP contribution in [0, 0.1) is 0 Å². The van der Waals surface area contributed by atoms with Gasteiger partial charge in [-0.1, -0.05) is 18.3 Å². The smallest absolute Gasteiger partial charge is 0.161 e. The fourth-order valence-corrected chi connectivity index (χ4v) is 2.60. The van der Waals surface area contributed by atoms with Crippen LogP contribution in [0.2, 0.25) is 0 Å². The van der Waals surface area contributed by atoms with E-state index in [1.165, 1.54) is 0 Å². The SMILES string of the molecule is C=C1CN/C(=C2/CCCCC2=O)S1. The van der Waals surface area contributed by atoms with Gasteiger partial charge in [0.2, 0.25) is 0 Å². The zero-order valence-electron chi connectivity index (χ0n) is 7.56. The summed E-state index contributed by atoms with van der Waals surface area (Å²) in [6.07, 6.45) is 3.88. The van der Waals surface area contributed by atoms with E-state index in [1.54, 1.807) is 11.8 Å². The second kappa shape index (κ2) is 3.58. The Morgan fingerprint density at radius 2 is 2.08 bits per heavy atom. The largest absolute Gasteiger partial charge is 0.375 e. The van der Waals surface area contributed by atoms with Crippen molar-refractivity contribution < 1.29 is 4.79 Å². The Bertz CT molecular complexity index is 293. The summed E-state index contributed by atoms with van der Waals surface area (Å²) in [4.78, 5) is 12.7. The van der Waals surface area contributed by atoms with Crippen molar-refractivity contribution in [2.45, 2.75) is 25.7 Å². The first kappa shape index (κ1) is 8.88. The molecule has 1 N–H and O–H groups in total. The van der Waals surface area contributed by atoms with Crippen molar-refractivity contribution >= 4 is 17.5 Å². The molecule has 0 amide bonds. The van der Waals surface area contributed by atoms with Gasteiger partial charge in [0.1, 0.15) is 0 Å². The highest BCUT2D eigenvalue weighted by molar-refractivity contribution is 8.07. The first-order chi connectivity index (χ1) is 6.27. The van der Waals surface area contributed by atoms with E-state index >= 15 is 0 Å². The molecule has 2 aliphatic rings. The molecule has 13 heavy (non-hydrogen) atoms. The molecule has 1 heterocycles. The molecular formula is C10H13NOS. The summed E-state index contributed by atoms with van der Waals surface area (Å²) in [6.45, 7) is 4.70. The second-order valence-electron chi connectivity index (χ2n) is 3.43. The third-order valence-corrected chi connectivity index (χ3v) is 3.41. The maximum Gasteiger partial charge on any atom is 0.161 e. The Morgan fingerprint density at radius 1 is 1.31 bits per heavy atom. The number of thioether (sulfide) groups is 1. The van der Waals surface area contributed by atoms with Crippen LogP contribution in [0.15, 0.2) is 22.1 Å². The summed E-state index contributed by atoms with van der Waals surface area (Å²) in [6, 6.07) is 0. The zero-order valence-corrected chi connectivity index (χ0v) is 8.38. The molecule has 0 unspecified atom stereocenters. The average Bonchev–Trinajstić information content (AvgIpc) is 2.53. The van der Waals surface area contributed by atoms with Gasteiger partial charge in [-0.2, -0.15) is 0 Å². The third-order valence-electron chi connectivity index (χ3n) is 2.38. The molecular weight excluding hydrogens is 182 g/mol. The number of carbonyl (C=O) groups excluding carboxylic acids is 1. The quantitative estimate of drug-likeness (QED) is 0.601. The van der Waals surface area contributed by atoms with Crippen molar-refractivity contribution in [2.75, 3.05) is 6.54 Å². The summed E-state index contributed by atoms with van der Waals surface area (Å²) in [5.74, 6) is 0.330. The van der Waals surface area contributed by atoms with Crippen molar-refractivity contribution in [3.8, 4) is 0 Å². The van der Waals surface area contributed by atoms with Crippen LogP contribution < -0.4 is 5.32 Å². The number of allylic oxidation sites excluding steroid dienone is 1. The van der Waals surface area contributed by atoms with Crippen LogP contribution in [0.5, 0.6) is 0 Å². The molecule has 2 rings (SSSR count). The second-order valence-corrected chi connectivity index (χ2v) is 4.62. The molecule has 3 heteroatoms. The number of Topliss-reactive ketones (excluding diaryl/α,β-unsaturated/α-hetero) is 1. The van der Waals surface area contributed by atoms with Gasteiger partial charge in [-0.25, -0.2) is 0 Å². The summed E-state index contributed by atoms with van der Waals surface area (Å²) >= 11 is 1.63. The van der Waals surface area contributed by atoms with Gasteiger partial charge in [0.25, 0.3) is 0 Å². The standard InChI is InChI=1S/C10H13NOS/c1-7-6-11-10(13-7)8-4-2-3-5-9(8)12/h11H,1-6H2/b10-8+. The first-order valence-corrected chi connectivity index (χ1v) is 5.45. The zero-order chi connectivity index (χ0) is 9.26. The van der Waals surface area contributed by atoms with Gasteiger partial charge in [0.05, 0.1) is 5.03 Å². The Morgan fingerprint density at radius 3 is 2.69 bits per heavy atom. The predicted octanol–water partition coefficient (Wildman–Crippen LogP) is 2.19. The average molecular weight is 195 g/mol. The van der Waals surface area contributed by atoms with E-state index in [9.17, 15) is 4.79 Å². The van der Waals surface area contributed by atoms with E-state index in [0.717, 1.165) is 47.7 Å². The molecule has 2 fully saturated rings. The molecule has 0 aromatic heterocycles. The minimum Gasteiger partial charge on any atom is -0.375 e. The van der Waals surface area contributed by atoms with Crippen molar-refractivity contribution in [3.63, 3.8) is 0 Å². The Hall–Kier alpha value is -0.700. The molecule has 0 aromatic rings. The van der Waals surface area contributed by atoms with Gasteiger partial charge < -0.3 is 5.32 Å². The topological polar surface area (TPSA) is 29.1 Å². The number of ketones is 1. The first-order valence-electron chi connectivity index (χ1n) is 4.63. The Balaban J connectivity index is 2.21. The molecule has 0 spiro atoms. The minimum atomic E-state index is 0.330. The molecule has 70 valence electrons. The number of hydrogen-bond acceptors (Lipinski definition) is 3. The lowest BCUT2D eigenvalue weighted by Gasteiger charge is -2.14. The van der Waals surface area contributed by atoms with Crippen LogP contribution >= 0.6 is 11.8 Å². The maximum absolute atomic E-state index is 11.5. The number of rotatable bonds is 0. The van der Waals surface area contributed by atoms with Crippen molar-refractivity contribution in [3.05, 3.63) is 22.1 Å². The van der Waals surface area contributed by atoms with Crippen molar-refractivity contribution in [1.82, 2.24) is 5.32 Å². The van der Waals surface area contributed by atoms with Crippen LogP contribution in [0.4, 0.5) is 0 Å². The maximum atomic E-state index is 11.5. The third kappa shape index (κ3) is 1.80. The van der Waals surface area contributed by atoms with Gasteiger partial charge in [0, 0.05) is 23.4 Å². The highest BCUT2D eigenvalue weighted by Gasteiger charge is 2.22. The fraction of sp³-hybridized carbons (Fsp3) is 0.500. The van der Waals surface area contributed by atoms with Gasteiger partial charge in [0.15, 0.2) is 5.78 Å². The monoisotopic (exact) mass is 195 g/mol. The van der Waals surface area contributed by atoms with E-state index in [4.69, 9.17) is 0 Å². The highest BCUT2D eigenvalue weighted by Crippen LogP contribution is 2.34. The summed E-state index contributed by atoms with van der Waals surface area (Å²) < 4.78 is 0. The number of nitrogens with one attached hydrogen (secondary N) is 1. The number of carbonyl (C=O) groups is 1. The van der Waals surface area contributed by atoms with E-state index in [-0.39, 0.29) is 0 Å². The van der Waals surface area contributed by atoms with E-state index in [2.05, 4.69) is 11.9 Å². The normalized spacial score (nSPS) is 29.2. The summed E-state index contributed by atoms with van der Waals surface area (Å²) in [5.41, 5.74) is 1.01. The van der Waals surface area contributed by atoms with Gasteiger partial charge >= 0.3 is 0 Å². The Kier molecular flexibility index (Phi) is 2.44. The van der Waals surface area contributed by atoms with Gasteiger partial charge in [-0.05, 0) is 19.3 Å². The van der Waals surface area contributed by atoms with Gasteiger partial charge in [-0.15, -0.1) is 0 Å². The molecule has 0 atom stereocenters. The fourth-order valence-electron chi connectivity index (χ4n) is 1.68. The lowest BCUT2D eigenvalue weighted by atomic mass is 9.94. The highest BCUT2D eigenvalue weighted by atomic mass is 32.2. The molecule has 0 bridgehead atoms. The summed E-state index contributed by atoms with van der Waals surface area (Å²) in [7, 11) is 0. The predicted molar refractivity (Wildman–Crippen MR) is 55.2 cm³/mol. The lowest BCUT2D eigenvalue weighted by Crippen LogP contribution is -2.15. The minimum absolute atomic E-state index is 0.330. The lowest BCUT2D eigenvalue weighted by molar-refractivity contribution is -0.116. The molecule has 1 aliphatic heterocycles. The molecule has 1 saturated carbocycles. The molecule has 1 saturated heterocycles. The van der Waals surface area contributed by atoms with Crippen molar-refractivity contribution in [2.24, 2.45) is 0 Å². The van der Waals surface area contributed by atoms with E-state index in [1.807, 2.05) is 0 Å².